The van der Waals surface area contributed by atoms with Gasteiger partial charge in [-0.2, -0.15) is 15.0 Å². The zero-order valence-electron chi connectivity index (χ0n) is 12.1. The molecule has 7 heteroatoms. The molecule has 2 rings (SSSR count). The summed E-state index contributed by atoms with van der Waals surface area (Å²) in [4.78, 5) is 16.9. The van der Waals surface area contributed by atoms with Crippen molar-refractivity contribution in [2.75, 3.05) is 43.9 Å². The molecule has 0 bridgehead atoms. The number of rotatable bonds is 2. The second-order valence-electron chi connectivity index (χ2n) is 5.63. The van der Waals surface area contributed by atoms with E-state index >= 15 is 0 Å². The van der Waals surface area contributed by atoms with Crippen molar-refractivity contribution < 1.29 is 4.74 Å². The molecule has 0 unspecified atom stereocenters. The van der Waals surface area contributed by atoms with Gasteiger partial charge in [0.1, 0.15) is 0 Å². The maximum Gasteiger partial charge on any atom is 0.322 e. The quantitative estimate of drug-likeness (QED) is 0.829. The van der Waals surface area contributed by atoms with Crippen LogP contribution in [-0.2, 0) is 0 Å². The normalized spacial score (nSPS) is 17.6. The van der Waals surface area contributed by atoms with E-state index < -0.39 is 0 Å². The highest BCUT2D eigenvalue weighted by Gasteiger charge is 2.27. The molecule has 0 atom stereocenters. The second kappa shape index (κ2) is 5.16. The van der Waals surface area contributed by atoms with Crippen LogP contribution in [0.3, 0.4) is 0 Å². The van der Waals surface area contributed by atoms with Crippen LogP contribution >= 0.6 is 0 Å². The molecule has 2 heterocycles. The van der Waals surface area contributed by atoms with Crippen LogP contribution in [0.2, 0.25) is 0 Å². The Morgan fingerprint density at radius 2 is 1.68 bits per heavy atom. The Balaban J connectivity index is 2.07. The predicted octanol–water partition coefficient (Wildman–Crippen LogP) is 0.383. The van der Waals surface area contributed by atoms with Crippen molar-refractivity contribution in [3.63, 3.8) is 0 Å². The maximum atomic E-state index is 5.66. The van der Waals surface area contributed by atoms with Gasteiger partial charge in [0.05, 0.1) is 7.11 Å². The number of methoxy groups -OCH3 is 1. The minimum atomic E-state index is 0.195. The standard InChI is InChI=1S/C12H22N6O/c1-12(2,3)18-7-5-17(6-8-18)10-14-9(13)15-11(16-10)19-4/h5-8H2,1-4H3,(H2,13,14,15,16). The van der Waals surface area contributed by atoms with Gasteiger partial charge in [0.15, 0.2) is 0 Å². The lowest BCUT2D eigenvalue weighted by Gasteiger charge is -2.42. The first-order valence-electron chi connectivity index (χ1n) is 6.45. The average molecular weight is 266 g/mol. The molecule has 1 aliphatic rings. The van der Waals surface area contributed by atoms with E-state index in [1.165, 1.54) is 7.11 Å². The Morgan fingerprint density at radius 3 is 2.21 bits per heavy atom. The van der Waals surface area contributed by atoms with Gasteiger partial charge in [-0.1, -0.05) is 0 Å². The van der Waals surface area contributed by atoms with E-state index in [9.17, 15) is 0 Å². The summed E-state index contributed by atoms with van der Waals surface area (Å²) >= 11 is 0. The Hall–Kier alpha value is -1.63. The summed E-state index contributed by atoms with van der Waals surface area (Å²) < 4.78 is 5.02. The minimum Gasteiger partial charge on any atom is -0.467 e. The number of nitrogens with two attached hydrogens (primary N) is 1. The lowest BCUT2D eigenvalue weighted by atomic mass is 10.1. The highest BCUT2D eigenvalue weighted by molar-refractivity contribution is 5.36. The fourth-order valence-corrected chi connectivity index (χ4v) is 2.17. The first-order chi connectivity index (χ1) is 8.90. The molecule has 0 amide bonds. The fraction of sp³-hybridized carbons (Fsp3) is 0.750. The van der Waals surface area contributed by atoms with Crippen LogP contribution in [0, 0.1) is 0 Å². The highest BCUT2D eigenvalue weighted by atomic mass is 16.5. The summed E-state index contributed by atoms with van der Waals surface area (Å²) in [6.07, 6.45) is 0. The SMILES string of the molecule is COc1nc(N)nc(N2CCN(C(C)(C)C)CC2)n1. The zero-order chi connectivity index (χ0) is 14.0. The third-order valence-corrected chi connectivity index (χ3v) is 3.31. The van der Waals surface area contributed by atoms with E-state index in [0.717, 1.165) is 26.2 Å². The fourth-order valence-electron chi connectivity index (χ4n) is 2.17. The van der Waals surface area contributed by atoms with E-state index in [1.54, 1.807) is 0 Å². The number of piperazine rings is 1. The molecule has 1 aliphatic heterocycles. The van der Waals surface area contributed by atoms with Crippen molar-refractivity contribution in [3.8, 4) is 6.01 Å². The Labute approximate surface area is 113 Å². The van der Waals surface area contributed by atoms with E-state index in [-0.39, 0.29) is 17.5 Å². The molecule has 2 N–H and O–H groups in total. The summed E-state index contributed by atoms with van der Waals surface area (Å²) in [7, 11) is 1.52. The van der Waals surface area contributed by atoms with Crippen molar-refractivity contribution in [2.45, 2.75) is 26.3 Å². The summed E-state index contributed by atoms with van der Waals surface area (Å²) in [6.45, 7) is 10.4. The molecule has 7 nitrogen and oxygen atoms in total. The predicted molar refractivity (Wildman–Crippen MR) is 74.3 cm³/mol. The number of nitrogen functional groups attached to an aromatic ring is 1. The minimum absolute atomic E-state index is 0.195. The molecular weight excluding hydrogens is 244 g/mol. The number of ether oxygens (including phenoxy) is 1. The van der Waals surface area contributed by atoms with Gasteiger partial charge in [-0.05, 0) is 20.8 Å². The van der Waals surface area contributed by atoms with Gasteiger partial charge >= 0.3 is 6.01 Å². The Bertz CT molecular complexity index is 436. The van der Waals surface area contributed by atoms with E-state index in [4.69, 9.17) is 10.5 Å². The Morgan fingerprint density at radius 1 is 1.05 bits per heavy atom. The van der Waals surface area contributed by atoms with Crippen LogP contribution in [0.15, 0.2) is 0 Å². The number of nitrogens with zero attached hydrogens (tertiary/aromatic N) is 5. The summed E-state index contributed by atoms with van der Waals surface area (Å²) in [6, 6.07) is 0.265. The summed E-state index contributed by atoms with van der Waals surface area (Å²) in [5.41, 5.74) is 5.86. The second-order valence-corrected chi connectivity index (χ2v) is 5.63. The molecule has 0 radical (unpaired) electrons. The molecule has 0 saturated carbocycles. The largest absolute Gasteiger partial charge is 0.467 e. The van der Waals surface area contributed by atoms with Crippen LogP contribution in [-0.4, -0.2) is 58.7 Å². The first-order valence-corrected chi connectivity index (χ1v) is 6.45. The highest BCUT2D eigenvalue weighted by Crippen LogP contribution is 2.19. The number of anilines is 2. The molecule has 19 heavy (non-hydrogen) atoms. The van der Waals surface area contributed by atoms with E-state index in [1.807, 2.05) is 0 Å². The van der Waals surface area contributed by atoms with Crippen LogP contribution in [0.5, 0.6) is 6.01 Å². The third kappa shape index (κ3) is 3.23. The van der Waals surface area contributed by atoms with Crippen LogP contribution in [0.4, 0.5) is 11.9 Å². The van der Waals surface area contributed by atoms with Gasteiger partial charge in [0.25, 0.3) is 0 Å². The van der Waals surface area contributed by atoms with Crippen molar-refractivity contribution in [1.82, 2.24) is 19.9 Å². The topological polar surface area (TPSA) is 80.4 Å². The first kappa shape index (κ1) is 13.8. The lowest BCUT2D eigenvalue weighted by Crippen LogP contribution is -2.53. The van der Waals surface area contributed by atoms with Gasteiger partial charge in [-0.3, -0.25) is 4.90 Å². The van der Waals surface area contributed by atoms with Gasteiger partial charge in [0, 0.05) is 31.7 Å². The van der Waals surface area contributed by atoms with Crippen molar-refractivity contribution in [3.05, 3.63) is 0 Å². The van der Waals surface area contributed by atoms with Crippen LogP contribution < -0.4 is 15.4 Å². The van der Waals surface area contributed by atoms with Gasteiger partial charge in [-0.15, -0.1) is 0 Å². The monoisotopic (exact) mass is 266 g/mol. The van der Waals surface area contributed by atoms with E-state index in [0.29, 0.717) is 5.95 Å². The molecule has 106 valence electrons. The third-order valence-electron chi connectivity index (χ3n) is 3.31. The number of hydrogen-bond donors (Lipinski definition) is 1. The van der Waals surface area contributed by atoms with Gasteiger partial charge in [-0.25, -0.2) is 0 Å². The van der Waals surface area contributed by atoms with Crippen molar-refractivity contribution in [2.24, 2.45) is 0 Å². The molecular formula is C12H22N6O. The molecule has 1 fully saturated rings. The number of aromatic nitrogens is 3. The molecule has 1 saturated heterocycles. The molecule has 0 spiro atoms. The zero-order valence-corrected chi connectivity index (χ0v) is 12.1. The molecule has 0 aromatic carbocycles. The smallest absolute Gasteiger partial charge is 0.322 e. The molecule has 1 aromatic rings. The maximum absolute atomic E-state index is 5.66. The molecule has 0 aliphatic carbocycles. The summed E-state index contributed by atoms with van der Waals surface area (Å²) in [5.74, 6) is 0.790. The van der Waals surface area contributed by atoms with E-state index in [2.05, 4.69) is 45.5 Å². The van der Waals surface area contributed by atoms with Gasteiger partial charge < -0.3 is 15.4 Å². The van der Waals surface area contributed by atoms with Gasteiger partial charge in [0.2, 0.25) is 11.9 Å². The number of hydrogen-bond acceptors (Lipinski definition) is 7. The van der Waals surface area contributed by atoms with Crippen LogP contribution in [0.25, 0.3) is 0 Å². The summed E-state index contributed by atoms with van der Waals surface area (Å²) in [5, 5.41) is 0. The van der Waals surface area contributed by atoms with Crippen LogP contribution in [0.1, 0.15) is 20.8 Å². The molecule has 1 aromatic heterocycles. The van der Waals surface area contributed by atoms with Crippen molar-refractivity contribution >= 4 is 11.9 Å². The Kier molecular flexibility index (Phi) is 3.75. The van der Waals surface area contributed by atoms with Crippen molar-refractivity contribution in [1.29, 1.82) is 0 Å². The lowest BCUT2D eigenvalue weighted by molar-refractivity contribution is 0.128. The average Bonchev–Trinajstić information content (AvgIpc) is 2.37.